The van der Waals surface area contributed by atoms with Crippen LogP contribution < -0.4 is 10.2 Å². The molecule has 256 valence electrons. The van der Waals surface area contributed by atoms with Gasteiger partial charge in [-0.25, -0.2) is 9.97 Å². The summed E-state index contributed by atoms with van der Waals surface area (Å²) in [5, 5.41) is 12.2. The number of amides is 2. The Morgan fingerprint density at radius 1 is 0.938 bits per heavy atom. The maximum atomic E-state index is 13.1. The van der Waals surface area contributed by atoms with Crippen LogP contribution in [-0.4, -0.2) is 94.3 Å². The van der Waals surface area contributed by atoms with Gasteiger partial charge in [-0.15, -0.1) is 0 Å². The van der Waals surface area contributed by atoms with Crippen LogP contribution in [0.25, 0.3) is 0 Å². The highest BCUT2D eigenvalue weighted by Crippen LogP contribution is 2.42. The molecule has 2 amide bonds. The summed E-state index contributed by atoms with van der Waals surface area (Å²) in [6.45, 7) is 5.80. The van der Waals surface area contributed by atoms with E-state index in [-0.39, 0.29) is 37.7 Å². The molecule has 3 fully saturated rings. The fourth-order valence-corrected chi connectivity index (χ4v) is 6.56. The number of aliphatic hydroxyl groups excluding tert-OH is 1. The Labute approximate surface area is 276 Å². The number of carbonyl (C=O) groups is 2. The number of hydrogen-bond donors (Lipinski definition) is 2. The van der Waals surface area contributed by atoms with Crippen molar-refractivity contribution in [1.82, 2.24) is 19.8 Å². The van der Waals surface area contributed by atoms with E-state index in [1.54, 1.807) is 42.7 Å². The molecule has 3 aromatic rings. The van der Waals surface area contributed by atoms with Crippen molar-refractivity contribution in [1.29, 1.82) is 0 Å². The summed E-state index contributed by atoms with van der Waals surface area (Å²) in [7, 11) is 0. The van der Waals surface area contributed by atoms with Crippen LogP contribution in [0.2, 0.25) is 0 Å². The maximum Gasteiger partial charge on any atom is 0.471 e. The molecule has 2 aromatic carbocycles. The number of carbonyl (C=O) groups excluding carboxylic acids is 2. The molecule has 2 N–H and O–H groups in total. The summed E-state index contributed by atoms with van der Waals surface area (Å²) in [5.41, 5.74) is 2.85. The Morgan fingerprint density at radius 3 is 2.25 bits per heavy atom. The van der Waals surface area contributed by atoms with Gasteiger partial charge in [-0.05, 0) is 42.2 Å². The molecule has 0 unspecified atom stereocenters. The van der Waals surface area contributed by atoms with Crippen molar-refractivity contribution in [2.75, 3.05) is 49.5 Å². The van der Waals surface area contributed by atoms with Crippen molar-refractivity contribution in [2.45, 2.75) is 57.1 Å². The molecule has 48 heavy (non-hydrogen) atoms. The second-order valence-corrected chi connectivity index (χ2v) is 12.4. The summed E-state index contributed by atoms with van der Waals surface area (Å²) in [6, 6.07) is 15.1. The van der Waals surface area contributed by atoms with Crippen molar-refractivity contribution < 1.29 is 37.3 Å². The van der Waals surface area contributed by atoms with Crippen molar-refractivity contribution >= 4 is 23.5 Å². The minimum Gasteiger partial charge on any atom is -0.392 e. The number of halogens is 3. The third-order valence-electron chi connectivity index (χ3n) is 9.28. The first-order valence-electron chi connectivity index (χ1n) is 16.1. The predicted octanol–water partition coefficient (Wildman–Crippen LogP) is 4.07. The highest BCUT2D eigenvalue weighted by Gasteiger charge is 2.47. The standard InChI is InChI=1S/C34H39F3N6O5/c1-22-28(20-41-16-18-42(19-17-41)33-38-13-3-14-39-33)47-31(48-29(22)24-7-5-23(21-44)6-8-24)25-9-11-26(12-10-25)40-30(45)27-4-2-15-43(27)32(46)34(35,36)37/h3,5-14,22,27-29,31,44H,2,4,15-21H2,1H3,(H,40,45)/t22-,27-,28+,29+,31+/m0/s1. The lowest BCUT2D eigenvalue weighted by atomic mass is 9.90. The average Bonchev–Trinajstić information content (AvgIpc) is 3.60. The number of nitrogens with zero attached hydrogens (tertiary/aromatic N) is 5. The van der Waals surface area contributed by atoms with Crippen molar-refractivity contribution in [2.24, 2.45) is 5.92 Å². The van der Waals surface area contributed by atoms with Gasteiger partial charge in [0.05, 0.1) is 18.8 Å². The van der Waals surface area contributed by atoms with Crippen LogP contribution in [0.1, 0.15) is 48.8 Å². The van der Waals surface area contributed by atoms with Gasteiger partial charge in [0.1, 0.15) is 6.04 Å². The molecule has 14 heteroatoms. The van der Waals surface area contributed by atoms with E-state index in [1.807, 2.05) is 24.3 Å². The SMILES string of the molecule is C[C@H]1[C@@H](CN2CCN(c3ncccn3)CC2)O[C@@H](c2ccc(NC(=O)[C@@H]3CCCN3C(=O)C(F)(F)F)cc2)O[C@H]1c1ccc(CO)cc1. The van der Waals surface area contributed by atoms with Gasteiger partial charge in [0.25, 0.3) is 0 Å². The molecule has 0 bridgehead atoms. The number of alkyl halides is 3. The van der Waals surface area contributed by atoms with Crippen molar-refractivity contribution in [3.05, 3.63) is 83.7 Å². The number of rotatable bonds is 8. The highest BCUT2D eigenvalue weighted by atomic mass is 19.4. The van der Waals surface area contributed by atoms with Gasteiger partial charge in [0, 0.05) is 68.8 Å². The molecular weight excluding hydrogens is 629 g/mol. The van der Waals surface area contributed by atoms with Gasteiger partial charge in [0.2, 0.25) is 11.9 Å². The zero-order chi connectivity index (χ0) is 33.8. The first-order valence-corrected chi connectivity index (χ1v) is 16.1. The minimum absolute atomic E-state index is 0.0101. The van der Waals surface area contributed by atoms with Crippen LogP contribution in [0.5, 0.6) is 0 Å². The minimum atomic E-state index is -5.04. The number of likely N-dealkylation sites (tertiary alicyclic amines) is 1. The summed E-state index contributed by atoms with van der Waals surface area (Å²) < 4.78 is 52.3. The zero-order valence-corrected chi connectivity index (χ0v) is 26.6. The van der Waals surface area contributed by atoms with Gasteiger partial charge in [-0.3, -0.25) is 14.5 Å². The van der Waals surface area contributed by atoms with Crippen LogP contribution in [0.3, 0.4) is 0 Å². The first kappa shape index (κ1) is 33.8. The molecule has 0 saturated carbocycles. The molecule has 0 spiro atoms. The number of aliphatic hydroxyl groups is 1. The second kappa shape index (κ2) is 14.6. The third-order valence-corrected chi connectivity index (χ3v) is 9.28. The Hall–Kier alpha value is -4.11. The molecule has 3 saturated heterocycles. The first-order chi connectivity index (χ1) is 23.1. The Balaban J connectivity index is 1.15. The Bertz CT molecular complexity index is 1540. The second-order valence-electron chi connectivity index (χ2n) is 12.4. The lowest BCUT2D eigenvalue weighted by Gasteiger charge is -2.44. The van der Waals surface area contributed by atoms with E-state index in [2.05, 4.69) is 32.0 Å². The number of anilines is 2. The number of aromatic nitrogens is 2. The van der Waals surface area contributed by atoms with E-state index in [4.69, 9.17) is 9.47 Å². The van der Waals surface area contributed by atoms with E-state index >= 15 is 0 Å². The topological polar surface area (TPSA) is 120 Å². The number of benzene rings is 2. The molecule has 0 radical (unpaired) electrons. The number of piperazine rings is 1. The summed E-state index contributed by atoms with van der Waals surface area (Å²) in [5.74, 6) is -1.96. The molecule has 3 aliphatic rings. The summed E-state index contributed by atoms with van der Waals surface area (Å²) in [4.78, 5) is 38.6. The van der Waals surface area contributed by atoms with E-state index in [9.17, 15) is 27.9 Å². The molecular formula is C34H39F3N6O5. The Morgan fingerprint density at radius 2 is 1.60 bits per heavy atom. The van der Waals surface area contributed by atoms with E-state index in [0.717, 1.165) is 37.3 Å². The fraction of sp³-hybridized carbons (Fsp3) is 0.471. The molecule has 1 aromatic heterocycles. The highest BCUT2D eigenvalue weighted by molar-refractivity contribution is 5.98. The van der Waals surface area contributed by atoms with Crippen LogP contribution in [0, 0.1) is 5.92 Å². The van der Waals surface area contributed by atoms with Gasteiger partial charge in [-0.2, -0.15) is 13.2 Å². The monoisotopic (exact) mass is 668 g/mol. The average molecular weight is 669 g/mol. The van der Waals surface area contributed by atoms with Crippen LogP contribution >= 0.6 is 0 Å². The van der Waals surface area contributed by atoms with Gasteiger partial charge in [0.15, 0.2) is 6.29 Å². The number of nitrogens with one attached hydrogen (secondary N) is 1. The maximum absolute atomic E-state index is 13.1. The quantitative estimate of drug-likeness (QED) is 0.366. The van der Waals surface area contributed by atoms with E-state index < -0.39 is 30.3 Å². The van der Waals surface area contributed by atoms with Crippen molar-refractivity contribution in [3.63, 3.8) is 0 Å². The smallest absolute Gasteiger partial charge is 0.392 e. The van der Waals surface area contributed by atoms with Gasteiger partial charge in [-0.1, -0.05) is 43.3 Å². The van der Waals surface area contributed by atoms with E-state index in [0.29, 0.717) is 35.1 Å². The van der Waals surface area contributed by atoms with Crippen LogP contribution in [0.15, 0.2) is 67.0 Å². The lowest BCUT2D eigenvalue weighted by Crippen LogP contribution is -2.51. The zero-order valence-electron chi connectivity index (χ0n) is 26.6. The van der Waals surface area contributed by atoms with Crippen LogP contribution in [-0.2, 0) is 25.7 Å². The summed E-state index contributed by atoms with van der Waals surface area (Å²) >= 11 is 0. The molecule has 0 aliphatic carbocycles. The van der Waals surface area contributed by atoms with Crippen LogP contribution in [0.4, 0.5) is 24.8 Å². The number of ether oxygens (including phenoxy) is 2. The third kappa shape index (κ3) is 7.62. The molecule has 11 nitrogen and oxygen atoms in total. The van der Waals surface area contributed by atoms with E-state index in [1.165, 1.54) is 0 Å². The van der Waals surface area contributed by atoms with Gasteiger partial charge < -0.3 is 29.7 Å². The largest absolute Gasteiger partial charge is 0.471 e. The lowest BCUT2D eigenvalue weighted by molar-refractivity contribution is -0.276. The normalized spacial score (nSPS) is 25.2. The number of hydrogen-bond acceptors (Lipinski definition) is 9. The molecule has 6 rings (SSSR count). The fourth-order valence-electron chi connectivity index (χ4n) is 6.56. The molecule has 5 atom stereocenters. The van der Waals surface area contributed by atoms with Gasteiger partial charge >= 0.3 is 12.1 Å². The molecule has 3 aliphatic heterocycles. The predicted molar refractivity (Wildman–Crippen MR) is 170 cm³/mol. The van der Waals surface area contributed by atoms with Crippen molar-refractivity contribution in [3.8, 4) is 0 Å². The molecule has 4 heterocycles. The Kier molecular flexibility index (Phi) is 10.2. The summed E-state index contributed by atoms with van der Waals surface area (Å²) in [6.07, 6.45) is -2.31.